The number of nitrogens with one attached hydrogen (secondary N) is 2. The third-order valence-electron chi connectivity index (χ3n) is 4.46. The van der Waals surface area contributed by atoms with Gasteiger partial charge in [-0.05, 0) is 36.4 Å². The van der Waals surface area contributed by atoms with Crippen molar-refractivity contribution in [2.45, 2.75) is 0 Å². The van der Waals surface area contributed by atoms with E-state index in [9.17, 15) is 4.79 Å². The van der Waals surface area contributed by atoms with Crippen LogP contribution in [0.4, 0.5) is 11.4 Å². The van der Waals surface area contributed by atoms with Crippen LogP contribution in [0.5, 0.6) is 5.75 Å². The molecule has 0 aliphatic carbocycles. The normalized spacial score (nSPS) is 15.2. The Labute approximate surface area is 142 Å². The molecule has 24 heavy (non-hydrogen) atoms. The fraction of sp³-hybridized carbons (Fsp3) is 0.316. The maximum atomic E-state index is 12.5. The number of amides is 1. The number of anilines is 2. The number of carbonyl (C=O) groups is 1. The number of methoxy groups -OCH3 is 1. The topological polar surface area (TPSA) is 46.0 Å². The summed E-state index contributed by atoms with van der Waals surface area (Å²) >= 11 is 0. The summed E-state index contributed by atoms with van der Waals surface area (Å²) in [5.74, 6) is 0.636. The van der Waals surface area contributed by atoms with E-state index in [0.29, 0.717) is 5.56 Å². The minimum Gasteiger partial charge on any atom is -0.497 e. The van der Waals surface area contributed by atoms with Crippen molar-refractivity contribution in [1.29, 1.82) is 0 Å². The first-order valence-electron chi connectivity index (χ1n) is 8.28. The maximum absolute atomic E-state index is 12.5. The van der Waals surface area contributed by atoms with Crippen LogP contribution < -0.4 is 19.9 Å². The first kappa shape index (κ1) is 16.3. The molecular weight excluding hydrogens is 302 g/mol. The van der Waals surface area contributed by atoms with Gasteiger partial charge in [-0.15, -0.1) is 0 Å². The van der Waals surface area contributed by atoms with E-state index in [0.717, 1.165) is 43.3 Å². The predicted molar refractivity (Wildman–Crippen MR) is 96.2 cm³/mol. The van der Waals surface area contributed by atoms with E-state index in [4.69, 9.17) is 4.74 Å². The molecule has 126 valence electrons. The van der Waals surface area contributed by atoms with E-state index in [1.165, 1.54) is 0 Å². The maximum Gasteiger partial charge on any atom is 0.255 e. The van der Waals surface area contributed by atoms with Crippen molar-refractivity contribution in [2.75, 3.05) is 50.6 Å². The lowest BCUT2D eigenvalue weighted by atomic mass is 10.1. The van der Waals surface area contributed by atoms with Crippen LogP contribution in [-0.4, -0.2) is 46.2 Å². The summed E-state index contributed by atoms with van der Waals surface area (Å²) in [4.78, 5) is 16.4. The van der Waals surface area contributed by atoms with Crippen LogP contribution in [0.3, 0.4) is 0 Å². The quantitative estimate of drug-likeness (QED) is 0.890. The zero-order chi connectivity index (χ0) is 16.9. The van der Waals surface area contributed by atoms with E-state index in [-0.39, 0.29) is 5.91 Å². The molecule has 1 amide bonds. The van der Waals surface area contributed by atoms with Gasteiger partial charge in [-0.3, -0.25) is 4.79 Å². The summed E-state index contributed by atoms with van der Waals surface area (Å²) in [6.07, 6.45) is 0. The highest BCUT2D eigenvalue weighted by Crippen LogP contribution is 2.26. The minimum atomic E-state index is -0.107. The van der Waals surface area contributed by atoms with Gasteiger partial charge in [0.2, 0.25) is 0 Å². The average molecular weight is 326 g/mol. The van der Waals surface area contributed by atoms with E-state index < -0.39 is 0 Å². The van der Waals surface area contributed by atoms with Crippen molar-refractivity contribution < 1.29 is 14.4 Å². The van der Waals surface area contributed by atoms with Gasteiger partial charge in [-0.25, -0.2) is 0 Å². The van der Waals surface area contributed by atoms with Gasteiger partial charge in [0.25, 0.3) is 5.91 Å². The number of ether oxygens (including phenoxy) is 1. The van der Waals surface area contributed by atoms with Crippen LogP contribution in [0, 0.1) is 0 Å². The number of nitrogens with zero attached hydrogens (tertiary/aromatic N) is 1. The molecule has 0 aromatic heterocycles. The number of para-hydroxylation sites is 2. The highest BCUT2D eigenvalue weighted by molar-refractivity contribution is 6.06. The Morgan fingerprint density at radius 3 is 2.42 bits per heavy atom. The molecule has 0 bridgehead atoms. The first-order valence-corrected chi connectivity index (χ1v) is 8.28. The van der Waals surface area contributed by atoms with Gasteiger partial charge in [0, 0.05) is 5.56 Å². The SMILES string of the molecule is COc1ccc(C(=O)Nc2ccccc2N2CC[NH+](C)CC2)cc1. The molecule has 3 rings (SSSR count). The van der Waals surface area contributed by atoms with Crippen LogP contribution >= 0.6 is 0 Å². The number of piperazine rings is 1. The molecule has 1 saturated heterocycles. The van der Waals surface area contributed by atoms with Gasteiger partial charge in [0.05, 0.1) is 51.7 Å². The Morgan fingerprint density at radius 2 is 1.75 bits per heavy atom. The van der Waals surface area contributed by atoms with Gasteiger partial charge >= 0.3 is 0 Å². The highest BCUT2D eigenvalue weighted by atomic mass is 16.5. The Morgan fingerprint density at radius 1 is 1.08 bits per heavy atom. The van der Waals surface area contributed by atoms with Crippen molar-refractivity contribution in [1.82, 2.24) is 0 Å². The fourth-order valence-electron chi connectivity index (χ4n) is 2.92. The summed E-state index contributed by atoms with van der Waals surface area (Å²) in [5.41, 5.74) is 2.57. The van der Waals surface area contributed by atoms with Crippen molar-refractivity contribution in [3.63, 3.8) is 0 Å². The van der Waals surface area contributed by atoms with Crippen LogP contribution in [0.25, 0.3) is 0 Å². The second-order valence-corrected chi connectivity index (χ2v) is 6.14. The molecule has 0 radical (unpaired) electrons. The molecular formula is C19H24N3O2+. The molecule has 0 spiro atoms. The number of carbonyl (C=O) groups excluding carboxylic acids is 1. The Kier molecular flexibility index (Phi) is 5.01. The number of likely N-dealkylation sites (N-methyl/N-ethyl adjacent to an activating group) is 1. The van der Waals surface area contributed by atoms with Gasteiger partial charge in [-0.1, -0.05) is 12.1 Å². The van der Waals surface area contributed by atoms with Crippen LogP contribution in [-0.2, 0) is 0 Å². The second-order valence-electron chi connectivity index (χ2n) is 6.14. The number of hydrogen-bond donors (Lipinski definition) is 2. The molecule has 5 heteroatoms. The Bertz CT molecular complexity index is 692. The van der Waals surface area contributed by atoms with Gasteiger partial charge < -0.3 is 19.9 Å². The minimum absolute atomic E-state index is 0.107. The predicted octanol–water partition coefficient (Wildman–Crippen LogP) is 1.28. The third kappa shape index (κ3) is 3.68. The first-order chi connectivity index (χ1) is 11.7. The summed E-state index contributed by atoms with van der Waals surface area (Å²) < 4.78 is 5.13. The molecule has 0 atom stereocenters. The van der Waals surface area contributed by atoms with E-state index in [1.807, 2.05) is 18.2 Å². The van der Waals surface area contributed by atoms with Crippen LogP contribution in [0.15, 0.2) is 48.5 Å². The van der Waals surface area contributed by atoms with E-state index in [2.05, 4.69) is 23.3 Å². The largest absolute Gasteiger partial charge is 0.497 e. The van der Waals surface area contributed by atoms with Gasteiger partial charge in [0.1, 0.15) is 5.75 Å². The molecule has 0 saturated carbocycles. The van der Waals surface area contributed by atoms with Crippen LogP contribution in [0.1, 0.15) is 10.4 Å². The Hall–Kier alpha value is -2.53. The molecule has 1 fully saturated rings. The van der Waals surface area contributed by atoms with Crippen LogP contribution in [0.2, 0.25) is 0 Å². The number of quaternary nitrogens is 1. The van der Waals surface area contributed by atoms with E-state index >= 15 is 0 Å². The molecule has 1 heterocycles. The van der Waals surface area contributed by atoms with E-state index in [1.54, 1.807) is 36.3 Å². The summed E-state index contributed by atoms with van der Waals surface area (Å²) in [5, 5.41) is 3.04. The lowest BCUT2D eigenvalue weighted by molar-refractivity contribution is -0.880. The lowest BCUT2D eigenvalue weighted by Crippen LogP contribution is -3.12. The number of hydrogen-bond acceptors (Lipinski definition) is 3. The fourth-order valence-corrected chi connectivity index (χ4v) is 2.92. The molecule has 5 nitrogen and oxygen atoms in total. The molecule has 2 aromatic rings. The number of rotatable bonds is 4. The molecule has 2 N–H and O–H groups in total. The lowest BCUT2D eigenvalue weighted by Gasteiger charge is -2.33. The van der Waals surface area contributed by atoms with Crippen molar-refractivity contribution in [2.24, 2.45) is 0 Å². The van der Waals surface area contributed by atoms with Crippen molar-refractivity contribution in [3.05, 3.63) is 54.1 Å². The van der Waals surface area contributed by atoms with Gasteiger partial charge in [-0.2, -0.15) is 0 Å². The summed E-state index contributed by atoms with van der Waals surface area (Å²) in [6.45, 7) is 4.23. The van der Waals surface area contributed by atoms with Crippen molar-refractivity contribution >= 4 is 17.3 Å². The zero-order valence-electron chi connectivity index (χ0n) is 14.2. The van der Waals surface area contributed by atoms with Gasteiger partial charge in [0.15, 0.2) is 0 Å². The molecule has 0 unspecified atom stereocenters. The summed E-state index contributed by atoms with van der Waals surface area (Å²) in [7, 11) is 3.83. The Balaban J connectivity index is 1.75. The summed E-state index contributed by atoms with van der Waals surface area (Å²) in [6, 6.07) is 15.1. The smallest absolute Gasteiger partial charge is 0.255 e. The molecule has 2 aromatic carbocycles. The highest BCUT2D eigenvalue weighted by Gasteiger charge is 2.20. The molecule has 1 aliphatic heterocycles. The second kappa shape index (κ2) is 7.36. The third-order valence-corrected chi connectivity index (χ3v) is 4.46. The average Bonchev–Trinajstić information content (AvgIpc) is 2.63. The van der Waals surface area contributed by atoms with Crippen molar-refractivity contribution in [3.8, 4) is 5.75 Å². The number of benzene rings is 2. The molecule has 1 aliphatic rings. The standard InChI is InChI=1S/C19H23N3O2/c1-21-11-13-22(14-12-21)18-6-4-3-5-17(18)20-19(23)15-7-9-16(24-2)10-8-15/h3-10H,11-14H2,1-2H3,(H,20,23)/p+1. The monoisotopic (exact) mass is 326 g/mol. The zero-order valence-corrected chi connectivity index (χ0v) is 14.2.